The molecule has 20 heavy (non-hydrogen) atoms. The maximum absolute atomic E-state index is 12.3. The van der Waals surface area contributed by atoms with Crippen molar-refractivity contribution in [1.82, 2.24) is 10.3 Å². The van der Waals surface area contributed by atoms with Crippen molar-refractivity contribution in [1.29, 1.82) is 0 Å². The Hall–Kier alpha value is -1.13. The van der Waals surface area contributed by atoms with Gasteiger partial charge in [0.2, 0.25) is 0 Å². The number of ether oxygens (including phenoxy) is 1. The third-order valence-corrected chi connectivity index (χ3v) is 3.89. The number of halogens is 1. The highest BCUT2D eigenvalue weighted by Gasteiger charge is 2.24. The predicted octanol–water partition coefficient (Wildman–Crippen LogP) is 3.01. The normalized spacial score (nSPS) is 20.1. The molecule has 0 aromatic carbocycles. The molecule has 0 aliphatic carbocycles. The molecule has 5 heteroatoms. The third-order valence-electron chi connectivity index (χ3n) is 3.70. The summed E-state index contributed by atoms with van der Waals surface area (Å²) in [6.07, 6.45) is 0.996. The second-order valence-corrected chi connectivity index (χ2v) is 6.03. The topological polar surface area (TPSA) is 51.2 Å². The van der Waals surface area contributed by atoms with Crippen molar-refractivity contribution in [3.63, 3.8) is 0 Å². The molecular weight excluding hydrogens is 276 g/mol. The molecule has 0 radical (unpaired) electrons. The van der Waals surface area contributed by atoms with E-state index in [4.69, 9.17) is 16.3 Å². The molecular formula is C15H21ClN2O2. The van der Waals surface area contributed by atoms with E-state index in [9.17, 15) is 4.79 Å². The highest BCUT2D eigenvalue weighted by atomic mass is 35.5. The first kappa shape index (κ1) is 15.3. The largest absolute Gasteiger partial charge is 0.381 e. The van der Waals surface area contributed by atoms with Gasteiger partial charge in [0.05, 0.1) is 6.61 Å². The van der Waals surface area contributed by atoms with Gasteiger partial charge < -0.3 is 10.1 Å². The summed E-state index contributed by atoms with van der Waals surface area (Å²) in [5.74, 6) is 0.525. The van der Waals surface area contributed by atoms with Crippen LogP contribution in [-0.2, 0) is 4.74 Å². The summed E-state index contributed by atoms with van der Waals surface area (Å²) >= 11 is 5.99. The van der Waals surface area contributed by atoms with E-state index in [1.807, 2.05) is 26.8 Å². The molecule has 1 aliphatic rings. The zero-order valence-electron chi connectivity index (χ0n) is 12.1. The van der Waals surface area contributed by atoms with Crippen LogP contribution in [0.15, 0.2) is 12.1 Å². The van der Waals surface area contributed by atoms with Gasteiger partial charge in [0.25, 0.3) is 5.91 Å². The lowest BCUT2D eigenvalue weighted by Crippen LogP contribution is -2.38. The van der Waals surface area contributed by atoms with E-state index in [0.717, 1.165) is 25.3 Å². The van der Waals surface area contributed by atoms with Gasteiger partial charge in [0, 0.05) is 29.8 Å². The van der Waals surface area contributed by atoms with Crippen LogP contribution in [0.1, 0.15) is 49.2 Å². The van der Waals surface area contributed by atoms with Gasteiger partial charge in [-0.15, -0.1) is 0 Å². The Morgan fingerprint density at radius 1 is 1.45 bits per heavy atom. The van der Waals surface area contributed by atoms with Crippen LogP contribution in [0.3, 0.4) is 0 Å². The van der Waals surface area contributed by atoms with Crippen molar-refractivity contribution >= 4 is 17.5 Å². The Kier molecular flexibility index (Phi) is 5.00. The molecule has 2 unspecified atom stereocenters. The molecule has 1 aliphatic heterocycles. The van der Waals surface area contributed by atoms with Crippen molar-refractivity contribution in [2.45, 2.75) is 39.2 Å². The molecule has 2 rings (SSSR count). The molecule has 1 saturated heterocycles. The highest BCUT2D eigenvalue weighted by molar-refractivity contribution is 6.29. The van der Waals surface area contributed by atoms with Crippen LogP contribution in [0.2, 0.25) is 5.15 Å². The number of nitrogens with one attached hydrogen (secondary N) is 1. The number of aromatic nitrogens is 1. The molecule has 110 valence electrons. The minimum Gasteiger partial charge on any atom is -0.381 e. The number of rotatable bonds is 4. The Labute approximate surface area is 124 Å². The fourth-order valence-corrected chi connectivity index (χ4v) is 2.51. The van der Waals surface area contributed by atoms with E-state index in [1.165, 1.54) is 0 Å². The van der Waals surface area contributed by atoms with Crippen molar-refractivity contribution in [3.8, 4) is 0 Å². The van der Waals surface area contributed by atoms with Gasteiger partial charge in [-0.05, 0) is 31.4 Å². The van der Waals surface area contributed by atoms with Gasteiger partial charge in [-0.3, -0.25) is 4.79 Å². The summed E-state index contributed by atoms with van der Waals surface area (Å²) < 4.78 is 5.35. The summed E-state index contributed by atoms with van der Waals surface area (Å²) in [6, 6.07) is 3.52. The molecule has 0 spiro atoms. The first-order chi connectivity index (χ1) is 9.47. The van der Waals surface area contributed by atoms with Gasteiger partial charge in [-0.2, -0.15) is 0 Å². The van der Waals surface area contributed by atoms with E-state index >= 15 is 0 Å². The summed E-state index contributed by atoms with van der Waals surface area (Å²) in [5, 5.41) is 3.39. The number of hydrogen-bond donors (Lipinski definition) is 1. The van der Waals surface area contributed by atoms with E-state index < -0.39 is 0 Å². The van der Waals surface area contributed by atoms with E-state index in [-0.39, 0.29) is 17.9 Å². The van der Waals surface area contributed by atoms with Gasteiger partial charge in [0.1, 0.15) is 5.15 Å². The van der Waals surface area contributed by atoms with E-state index in [2.05, 4.69) is 10.3 Å². The zero-order valence-corrected chi connectivity index (χ0v) is 12.9. The molecule has 4 nitrogen and oxygen atoms in total. The van der Waals surface area contributed by atoms with Crippen LogP contribution in [0.25, 0.3) is 0 Å². The SMILES string of the molecule is CC(C)c1cc(C(=O)NC(C)C2CCOC2)cc(Cl)n1. The van der Waals surface area contributed by atoms with Crippen molar-refractivity contribution in [3.05, 3.63) is 28.5 Å². The quantitative estimate of drug-likeness (QED) is 0.869. The van der Waals surface area contributed by atoms with Crippen molar-refractivity contribution < 1.29 is 9.53 Å². The van der Waals surface area contributed by atoms with Gasteiger partial charge in [-0.25, -0.2) is 4.98 Å². The van der Waals surface area contributed by atoms with Gasteiger partial charge in [0.15, 0.2) is 0 Å². The average molecular weight is 297 g/mol. The predicted molar refractivity (Wildman–Crippen MR) is 79.2 cm³/mol. The van der Waals surface area contributed by atoms with Crippen LogP contribution in [0, 0.1) is 5.92 Å². The lowest BCUT2D eigenvalue weighted by atomic mass is 10.00. The van der Waals surface area contributed by atoms with Gasteiger partial charge in [-0.1, -0.05) is 25.4 Å². The number of pyridine rings is 1. The van der Waals surface area contributed by atoms with Crippen LogP contribution in [0.4, 0.5) is 0 Å². The monoisotopic (exact) mass is 296 g/mol. The van der Waals surface area contributed by atoms with E-state index in [1.54, 1.807) is 6.07 Å². The molecule has 1 aromatic rings. The van der Waals surface area contributed by atoms with Crippen LogP contribution < -0.4 is 5.32 Å². The van der Waals surface area contributed by atoms with Crippen LogP contribution in [0.5, 0.6) is 0 Å². The summed E-state index contributed by atoms with van der Waals surface area (Å²) in [5.41, 5.74) is 1.40. The van der Waals surface area contributed by atoms with Crippen molar-refractivity contribution in [2.75, 3.05) is 13.2 Å². The molecule has 0 saturated carbocycles. The number of amides is 1. The highest BCUT2D eigenvalue weighted by Crippen LogP contribution is 2.19. The zero-order chi connectivity index (χ0) is 14.7. The number of carbonyl (C=O) groups excluding carboxylic acids is 1. The van der Waals surface area contributed by atoms with Crippen LogP contribution >= 0.6 is 11.6 Å². The van der Waals surface area contributed by atoms with Crippen molar-refractivity contribution in [2.24, 2.45) is 5.92 Å². The Balaban J connectivity index is 2.08. The van der Waals surface area contributed by atoms with Gasteiger partial charge >= 0.3 is 0 Å². The molecule has 2 heterocycles. The molecule has 0 bridgehead atoms. The smallest absolute Gasteiger partial charge is 0.251 e. The molecule has 1 fully saturated rings. The Bertz CT molecular complexity index is 485. The first-order valence-electron chi connectivity index (χ1n) is 7.03. The summed E-state index contributed by atoms with van der Waals surface area (Å²) in [7, 11) is 0. The maximum Gasteiger partial charge on any atom is 0.251 e. The maximum atomic E-state index is 12.3. The number of carbonyl (C=O) groups is 1. The number of nitrogens with zero attached hydrogens (tertiary/aromatic N) is 1. The van der Waals surface area contributed by atoms with E-state index in [0.29, 0.717) is 16.6 Å². The molecule has 1 N–H and O–H groups in total. The third kappa shape index (κ3) is 3.70. The second kappa shape index (κ2) is 6.55. The second-order valence-electron chi connectivity index (χ2n) is 5.64. The molecule has 1 aromatic heterocycles. The summed E-state index contributed by atoms with van der Waals surface area (Å²) in [6.45, 7) is 7.57. The summed E-state index contributed by atoms with van der Waals surface area (Å²) in [4.78, 5) is 16.5. The number of hydrogen-bond acceptors (Lipinski definition) is 3. The Morgan fingerprint density at radius 2 is 2.20 bits per heavy atom. The standard InChI is InChI=1S/C15H21ClN2O2/c1-9(2)13-6-12(7-14(16)18-13)15(19)17-10(3)11-4-5-20-8-11/h6-7,9-11H,4-5,8H2,1-3H3,(H,17,19). The minimum absolute atomic E-state index is 0.0967. The minimum atomic E-state index is -0.101. The molecule has 1 amide bonds. The lowest BCUT2D eigenvalue weighted by molar-refractivity contribution is 0.0922. The lowest BCUT2D eigenvalue weighted by Gasteiger charge is -2.19. The molecule has 2 atom stereocenters. The fourth-order valence-electron chi connectivity index (χ4n) is 2.30. The van der Waals surface area contributed by atoms with Crippen LogP contribution in [-0.4, -0.2) is 30.1 Å². The first-order valence-corrected chi connectivity index (χ1v) is 7.41. The Morgan fingerprint density at radius 3 is 2.80 bits per heavy atom. The fraction of sp³-hybridized carbons (Fsp3) is 0.600. The average Bonchev–Trinajstić information content (AvgIpc) is 2.91.